The Kier molecular flexibility index (Phi) is 6.44. The van der Waals surface area contributed by atoms with Gasteiger partial charge in [-0.05, 0) is 70.4 Å². The molecule has 0 unspecified atom stereocenters. The second-order valence-electron chi connectivity index (χ2n) is 6.56. The number of halogens is 1. The molecule has 152 valence electrons. The fourth-order valence-electron chi connectivity index (χ4n) is 2.72. The van der Waals surface area contributed by atoms with Crippen molar-refractivity contribution in [2.24, 2.45) is 5.10 Å². The van der Waals surface area contributed by atoms with Crippen molar-refractivity contribution in [1.29, 1.82) is 0 Å². The van der Waals surface area contributed by atoms with E-state index in [2.05, 4.69) is 25.9 Å². The fraction of sp³-hybridized carbons (Fsp3) is 0.190. The molecular formula is C21H21BrN2O4S. The Morgan fingerprint density at radius 3 is 2.48 bits per heavy atom. The topological polar surface area (TPSA) is 77.0 Å². The summed E-state index contributed by atoms with van der Waals surface area (Å²) in [6, 6.07) is 16.0. The largest absolute Gasteiger partial charge is 0.493 e. The van der Waals surface area contributed by atoms with Crippen LogP contribution >= 0.6 is 15.9 Å². The van der Waals surface area contributed by atoms with Crippen molar-refractivity contribution in [2.75, 3.05) is 7.11 Å². The minimum atomic E-state index is -3.79. The quantitative estimate of drug-likeness (QED) is 0.395. The van der Waals surface area contributed by atoms with Crippen molar-refractivity contribution < 1.29 is 17.9 Å². The van der Waals surface area contributed by atoms with E-state index in [1.54, 1.807) is 30.3 Å². The number of ether oxygens (including phenoxy) is 2. The van der Waals surface area contributed by atoms with E-state index in [1.807, 2.05) is 38.1 Å². The standard InChI is InChI=1S/C21H21BrN2O4S/c1-14(2)28-21-19(22)10-15(11-20(21)27-3)13-23-24-29(25,26)18-9-8-16-6-4-5-7-17(16)12-18/h4-14,24H,1-3H3. The van der Waals surface area contributed by atoms with Gasteiger partial charge in [-0.25, -0.2) is 4.83 Å². The van der Waals surface area contributed by atoms with Crippen molar-refractivity contribution in [2.45, 2.75) is 24.8 Å². The number of fused-ring (bicyclic) bond motifs is 1. The zero-order valence-electron chi connectivity index (χ0n) is 16.2. The van der Waals surface area contributed by atoms with Crippen molar-refractivity contribution >= 4 is 42.9 Å². The summed E-state index contributed by atoms with van der Waals surface area (Å²) in [5, 5.41) is 5.71. The monoisotopic (exact) mass is 476 g/mol. The molecule has 0 aliphatic heterocycles. The van der Waals surface area contributed by atoms with Crippen molar-refractivity contribution in [3.05, 3.63) is 64.6 Å². The van der Waals surface area contributed by atoms with Crippen LogP contribution in [-0.2, 0) is 10.0 Å². The third-order valence-corrected chi connectivity index (χ3v) is 5.83. The van der Waals surface area contributed by atoms with E-state index in [4.69, 9.17) is 9.47 Å². The maximum absolute atomic E-state index is 12.6. The van der Waals surface area contributed by atoms with E-state index in [-0.39, 0.29) is 11.0 Å². The predicted molar refractivity (Wildman–Crippen MR) is 118 cm³/mol. The van der Waals surface area contributed by atoms with Crippen molar-refractivity contribution in [3.8, 4) is 11.5 Å². The number of rotatable bonds is 7. The first kappa shape index (κ1) is 21.1. The van der Waals surface area contributed by atoms with Crippen LogP contribution in [0.25, 0.3) is 10.8 Å². The molecule has 0 radical (unpaired) electrons. The maximum atomic E-state index is 12.6. The molecule has 3 aromatic rings. The average molecular weight is 477 g/mol. The molecule has 0 atom stereocenters. The first-order valence-electron chi connectivity index (χ1n) is 8.88. The summed E-state index contributed by atoms with van der Waals surface area (Å²) in [7, 11) is -2.25. The van der Waals surface area contributed by atoms with Crippen molar-refractivity contribution in [3.63, 3.8) is 0 Å². The molecule has 0 bridgehead atoms. The van der Waals surface area contributed by atoms with Crippen LogP contribution in [0.2, 0.25) is 0 Å². The number of hydrogen-bond donors (Lipinski definition) is 1. The molecule has 3 aromatic carbocycles. The summed E-state index contributed by atoms with van der Waals surface area (Å²) in [5.74, 6) is 1.10. The smallest absolute Gasteiger partial charge is 0.276 e. The first-order valence-corrected chi connectivity index (χ1v) is 11.2. The van der Waals surface area contributed by atoms with Crippen molar-refractivity contribution in [1.82, 2.24) is 4.83 Å². The highest BCUT2D eigenvalue weighted by molar-refractivity contribution is 9.10. The lowest BCUT2D eigenvalue weighted by Gasteiger charge is -2.15. The van der Waals surface area contributed by atoms with Crippen LogP contribution in [0.5, 0.6) is 11.5 Å². The van der Waals surface area contributed by atoms with Gasteiger partial charge in [-0.2, -0.15) is 13.5 Å². The summed E-state index contributed by atoms with van der Waals surface area (Å²) in [6.07, 6.45) is 1.39. The van der Waals surface area contributed by atoms with Crippen LogP contribution in [0.1, 0.15) is 19.4 Å². The van der Waals surface area contributed by atoms with Gasteiger partial charge in [-0.1, -0.05) is 30.3 Å². The zero-order valence-corrected chi connectivity index (χ0v) is 18.6. The lowest BCUT2D eigenvalue weighted by molar-refractivity contribution is 0.228. The van der Waals surface area contributed by atoms with Crippen LogP contribution in [0.3, 0.4) is 0 Å². The molecule has 1 N–H and O–H groups in total. The highest BCUT2D eigenvalue weighted by Gasteiger charge is 2.14. The molecule has 6 nitrogen and oxygen atoms in total. The van der Waals surface area contributed by atoms with Gasteiger partial charge >= 0.3 is 0 Å². The molecule has 0 spiro atoms. The first-order chi connectivity index (χ1) is 13.8. The second-order valence-corrected chi connectivity index (χ2v) is 9.08. The van der Waals surface area contributed by atoms with Gasteiger partial charge in [0.05, 0.1) is 28.8 Å². The Labute approximate surface area is 178 Å². The summed E-state index contributed by atoms with van der Waals surface area (Å²) in [5.41, 5.74) is 0.644. The van der Waals surface area contributed by atoms with E-state index >= 15 is 0 Å². The van der Waals surface area contributed by atoms with Gasteiger partial charge in [-0.15, -0.1) is 0 Å². The summed E-state index contributed by atoms with van der Waals surface area (Å²) < 4.78 is 36.9. The third-order valence-electron chi connectivity index (χ3n) is 4.02. The number of benzene rings is 3. The lowest BCUT2D eigenvalue weighted by Crippen LogP contribution is -2.18. The van der Waals surface area contributed by atoms with E-state index in [1.165, 1.54) is 13.3 Å². The number of sulfonamides is 1. The van der Waals surface area contributed by atoms with Crippen LogP contribution in [0.4, 0.5) is 0 Å². The Morgan fingerprint density at radius 2 is 1.79 bits per heavy atom. The fourth-order valence-corrected chi connectivity index (χ4v) is 4.10. The molecule has 0 amide bonds. The lowest BCUT2D eigenvalue weighted by atomic mass is 10.1. The van der Waals surface area contributed by atoms with Gasteiger partial charge in [0.25, 0.3) is 10.0 Å². The van der Waals surface area contributed by atoms with E-state index < -0.39 is 10.0 Å². The number of methoxy groups -OCH3 is 1. The molecule has 8 heteroatoms. The molecule has 29 heavy (non-hydrogen) atoms. The predicted octanol–water partition coefficient (Wildman–Crippen LogP) is 4.71. The SMILES string of the molecule is COc1cc(C=NNS(=O)(=O)c2ccc3ccccc3c2)cc(Br)c1OC(C)C. The van der Waals surface area contributed by atoms with Gasteiger partial charge in [0, 0.05) is 0 Å². The second kappa shape index (κ2) is 8.84. The van der Waals surface area contributed by atoms with Crippen LogP contribution in [0, 0.1) is 0 Å². The molecule has 0 saturated carbocycles. The molecule has 0 heterocycles. The maximum Gasteiger partial charge on any atom is 0.276 e. The normalized spacial score (nSPS) is 11.9. The van der Waals surface area contributed by atoms with Gasteiger partial charge in [0.15, 0.2) is 11.5 Å². The van der Waals surface area contributed by atoms with Crippen LogP contribution in [0.15, 0.2) is 69.1 Å². The Hall–Kier alpha value is -2.58. The van der Waals surface area contributed by atoms with Crippen LogP contribution < -0.4 is 14.3 Å². The number of hydrogen-bond acceptors (Lipinski definition) is 5. The average Bonchev–Trinajstić information content (AvgIpc) is 2.69. The van der Waals surface area contributed by atoms with E-state index in [0.29, 0.717) is 21.5 Å². The van der Waals surface area contributed by atoms with Gasteiger partial charge in [0.1, 0.15) is 0 Å². The Balaban J connectivity index is 1.81. The number of nitrogens with one attached hydrogen (secondary N) is 1. The van der Waals surface area contributed by atoms with E-state index in [9.17, 15) is 8.42 Å². The minimum Gasteiger partial charge on any atom is -0.493 e. The van der Waals surface area contributed by atoms with Gasteiger partial charge < -0.3 is 9.47 Å². The van der Waals surface area contributed by atoms with Crippen LogP contribution in [-0.4, -0.2) is 27.8 Å². The highest BCUT2D eigenvalue weighted by atomic mass is 79.9. The summed E-state index contributed by atoms with van der Waals surface area (Å²) in [4.78, 5) is 2.39. The molecule has 0 aliphatic rings. The van der Waals surface area contributed by atoms with E-state index in [0.717, 1.165) is 10.8 Å². The summed E-state index contributed by atoms with van der Waals surface area (Å²) in [6.45, 7) is 3.84. The molecule has 0 saturated heterocycles. The third kappa shape index (κ3) is 5.07. The summed E-state index contributed by atoms with van der Waals surface area (Å²) >= 11 is 3.45. The minimum absolute atomic E-state index is 0.0199. The highest BCUT2D eigenvalue weighted by Crippen LogP contribution is 2.37. The molecule has 3 rings (SSSR count). The molecule has 0 aromatic heterocycles. The molecule has 0 aliphatic carbocycles. The number of hydrazone groups is 1. The Bertz CT molecular complexity index is 1160. The molecule has 0 fully saturated rings. The van der Waals surface area contributed by atoms with Gasteiger partial charge in [0.2, 0.25) is 0 Å². The van der Waals surface area contributed by atoms with Gasteiger partial charge in [-0.3, -0.25) is 0 Å². The Morgan fingerprint density at radius 1 is 1.07 bits per heavy atom. The number of nitrogens with zero attached hydrogens (tertiary/aromatic N) is 1. The molecular weight excluding hydrogens is 456 g/mol. The zero-order chi connectivity index (χ0) is 21.0.